The molecule has 32 heavy (non-hydrogen) atoms. The fraction of sp³-hybridized carbons (Fsp3) is 0.429. The van der Waals surface area contributed by atoms with Gasteiger partial charge in [-0.15, -0.1) is 23.2 Å². The molecule has 0 spiro atoms. The van der Waals surface area contributed by atoms with Gasteiger partial charge >= 0.3 is 0 Å². The molecular weight excluding hydrogens is 497 g/mol. The van der Waals surface area contributed by atoms with Gasteiger partial charge in [0.1, 0.15) is 12.2 Å². The zero-order valence-electron chi connectivity index (χ0n) is 17.8. The second kappa shape index (κ2) is 12.3. The Kier molecular flexibility index (Phi) is 10.4. The molecule has 2 aromatic rings. The first-order valence-electron chi connectivity index (χ1n) is 9.74. The van der Waals surface area contributed by atoms with Gasteiger partial charge in [-0.05, 0) is 11.1 Å². The summed E-state index contributed by atoms with van der Waals surface area (Å²) in [5.74, 6) is -0.170. The summed E-state index contributed by atoms with van der Waals surface area (Å²) in [6.45, 7) is 0.178. The van der Waals surface area contributed by atoms with Crippen molar-refractivity contribution in [3.05, 3.63) is 71.8 Å². The molecule has 0 saturated carbocycles. The van der Waals surface area contributed by atoms with E-state index < -0.39 is 32.4 Å². The van der Waals surface area contributed by atoms with E-state index in [4.69, 9.17) is 31.6 Å². The molecule has 0 N–H and O–H groups in total. The molecule has 0 fully saturated rings. The van der Waals surface area contributed by atoms with Gasteiger partial charge in [-0.1, -0.05) is 60.7 Å². The van der Waals surface area contributed by atoms with Gasteiger partial charge in [-0.3, -0.25) is 13.3 Å². The van der Waals surface area contributed by atoms with E-state index in [1.165, 1.54) is 0 Å². The molecule has 2 aromatic carbocycles. The molecule has 2 atom stereocenters. The van der Waals surface area contributed by atoms with Gasteiger partial charge < -0.3 is 0 Å². The van der Waals surface area contributed by atoms with Crippen LogP contribution in [-0.2, 0) is 28.6 Å². The highest BCUT2D eigenvalue weighted by Crippen LogP contribution is 2.30. The van der Waals surface area contributed by atoms with Gasteiger partial charge in [0.2, 0.25) is 0 Å². The lowest BCUT2D eigenvalue weighted by Gasteiger charge is -2.36. The molecule has 0 aliphatic carbocycles. The molecule has 0 aliphatic rings. The summed E-state index contributed by atoms with van der Waals surface area (Å²) >= 11 is 12.0. The van der Waals surface area contributed by atoms with Crippen molar-refractivity contribution in [1.29, 1.82) is 0 Å². The number of hydrogen-bond donors (Lipinski definition) is 0. The highest BCUT2D eigenvalue weighted by atomic mass is 35.5. The normalized spacial score (nSPS) is 14.6. The topological polar surface area (TPSA) is 90.0 Å². The summed E-state index contributed by atoms with van der Waals surface area (Å²) in [5, 5.41) is 0. The molecule has 11 heteroatoms. The summed E-state index contributed by atoms with van der Waals surface area (Å²) in [7, 11) is -7.53. The van der Waals surface area contributed by atoms with Crippen molar-refractivity contribution in [3.8, 4) is 0 Å². The van der Waals surface area contributed by atoms with Gasteiger partial charge in [0.05, 0.1) is 30.3 Å². The SMILES string of the molecule is CS(=O)(=O)OC(CCl)CN(CC(CCl)OS(C)(=O)=O)C(c1ccccc1)c1ccccc1. The zero-order valence-corrected chi connectivity index (χ0v) is 20.9. The second-order valence-corrected chi connectivity index (χ2v) is 11.1. The molecule has 0 aromatic heterocycles. The second-order valence-electron chi connectivity index (χ2n) is 7.33. The maximum atomic E-state index is 11.7. The molecule has 0 radical (unpaired) electrons. The third kappa shape index (κ3) is 9.35. The van der Waals surface area contributed by atoms with Crippen LogP contribution >= 0.6 is 23.2 Å². The van der Waals surface area contributed by atoms with Crippen LogP contribution in [0.25, 0.3) is 0 Å². The van der Waals surface area contributed by atoms with Crippen LogP contribution in [0.3, 0.4) is 0 Å². The Morgan fingerprint density at radius 1 is 0.719 bits per heavy atom. The number of halogens is 2. The molecule has 0 heterocycles. The monoisotopic (exact) mass is 523 g/mol. The highest BCUT2D eigenvalue weighted by Gasteiger charge is 2.30. The minimum atomic E-state index is -3.76. The number of hydrogen-bond acceptors (Lipinski definition) is 7. The Bertz CT molecular complexity index is 953. The molecule has 0 aliphatic heterocycles. The fourth-order valence-corrected chi connectivity index (χ4v) is 5.11. The van der Waals surface area contributed by atoms with Crippen molar-refractivity contribution in [2.75, 3.05) is 37.4 Å². The molecular formula is C21H27Cl2NO6S2. The van der Waals surface area contributed by atoms with Crippen LogP contribution in [-0.4, -0.2) is 71.3 Å². The van der Waals surface area contributed by atoms with Crippen molar-refractivity contribution in [2.24, 2.45) is 0 Å². The first-order valence-corrected chi connectivity index (χ1v) is 14.4. The molecule has 178 valence electrons. The van der Waals surface area contributed by atoms with E-state index >= 15 is 0 Å². The number of nitrogens with zero attached hydrogens (tertiary/aromatic N) is 1. The fourth-order valence-electron chi connectivity index (χ4n) is 3.40. The third-order valence-electron chi connectivity index (χ3n) is 4.44. The lowest BCUT2D eigenvalue weighted by atomic mass is 9.96. The Morgan fingerprint density at radius 2 is 1.06 bits per heavy atom. The van der Waals surface area contributed by atoms with E-state index in [0.717, 1.165) is 23.6 Å². The van der Waals surface area contributed by atoms with Gasteiger partial charge in [0, 0.05) is 13.1 Å². The van der Waals surface area contributed by atoms with Gasteiger partial charge in [0.25, 0.3) is 20.2 Å². The Balaban J connectivity index is 2.51. The summed E-state index contributed by atoms with van der Waals surface area (Å²) < 4.78 is 57.3. The highest BCUT2D eigenvalue weighted by molar-refractivity contribution is 7.86. The smallest absolute Gasteiger partial charge is 0.264 e. The van der Waals surface area contributed by atoms with E-state index in [2.05, 4.69) is 0 Å². The Hall–Kier alpha value is -1.20. The number of rotatable bonds is 13. The van der Waals surface area contributed by atoms with Crippen molar-refractivity contribution < 1.29 is 25.2 Å². The predicted molar refractivity (Wildman–Crippen MR) is 127 cm³/mol. The first kappa shape index (κ1) is 27.0. The van der Waals surface area contributed by atoms with Crippen LogP contribution in [0.5, 0.6) is 0 Å². The van der Waals surface area contributed by atoms with E-state index in [-0.39, 0.29) is 30.9 Å². The molecule has 0 saturated heterocycles. The van der Waals surface area contributed by atoms with Crippen molar-refractivity contribution >= 4 is 43.4 Å². The van der Waals surface area contributed by atoms with Crippen LogP contribution < -0.4 is 0 Å². The molecule has 2 rings (SSSR count). The zero-order chi connectivity index (χ0) is 23.8. The van der Waals surface area contributed by atoms with E-state index in [9.17, 15) is 16.8 Å². The van der Waals surface area contributed by atoms with Crippen LogP contribution in [0.2, 0.25) is 0 Å². The van der Waals surface area contributed by atoms with Crippen LogP contribution in [0, 0.1) is 0 Å². The molecule has 0 bridgehead atoms. The average molecular weight is 524 g/mol. The summed E-state index contributed by atoms with van der Waals surface area (Å²) in [4.78, 5) is 1.88. The summed E-state index contributed by atoms with van der Waals surface area (Å²) in [6.07, 6.45) is 0.181. The molecule has 7 nitrogen and oxygen atoms in total. The summed E-state index contributed by atoms with van der Waals surface area (Å²) in [6, 6.07) is 18.7. The van der Waals surface area contributed by atoms with Crippen LogP contribution in [0.15, 0.2) is 60.7 Å². The Morgan fingerprint density at radius 3 is 1.34 bits per heavy atom. The predicted octanol–water partition coefficient (Wildman–Crippen LogP) is 3.25. The van der Waals surface area contributed by atoms with E-state index in [1.807, 2.05) is 65.6 Å². The van der Waals surface area contributed by atoms with Gasteiger partial charge in [-0.25, -0.2) is 0 Å². The molecule has 0 amide bonds. The van der Waals surface area contributed by atoms with Crippen molar-refractivity contribution in [1.82, 2.24) is 4.90 Å². The number of benzene rings is 2. The quantitative estimate of drug-likeness (QED) is 0.294. The average Bonchev–Trinajstić information content (AvgIpc) is 2.72. The number of alkyl halides is 2. The maximum absolute atomic E-state index is 11.7. The minimum Gasteiger partial charge on any atom is -0.287 e. The van der Waals surface area contributed by atoms with Gasteiger partial charge in [-0.2, -0.15) is 16.8 Å². The lowest BCUT2D eigenvalue weighted by molar-refractivity contribution is 0.0921. The minimum absolute atomic E-state index is 0.0850. The molecule has 2 unspecified atom stereocenters. The van der Waals surface area contributed by atoms with E-state index in [0.29, 0.717) is 0 Å². The van der Waals surface area contributed by atoms with Crippen LogP contribution in [0.4, 0.5) is 0 Å². The van der Waals surface area contributed by atoms with Crippen molar-refractivity contribution in [2.45, 2.75) is 18.2 Å². The Labute approximate surface area is 200 Å². The van der Waals surface area contributed by atoms with Crippen LogP contribution in [0.1, 0.15) is 17.2 Å². The summed E-state index contributed by atoms with van der Waals surface area (Å²) in [5.41, 5.74) is 1.83. The first-order chi connectivity index (χ1) is 15.0. The van der Waals surface area contributed by atoms with E-state index in [1.54, 1.807) is 0 Å². The lowest BCUT2D eigenvalue weighted by Crippen LogP contribution is -2.44. The third-order valence-corrected chi connectivity index (χ3v) is 6.37. The van der Waals surface area contributed by atoms with Crippen molar-refractivity contribution in [3.63, 3.8) is 0 Å². The van der Waals surface area contributed by atoms with Gasteiger partial charge in [0.15, 0.2) is 0 Å². The maximum Gasteiger partial charge on any atom is 0.264 e. The largest absolute Gasteiger partial charge is 0.287 e. The standard InChI is InChI=1S/C21H27Cl2NO6S2/c1-31(25,26)29-19(13-22)15-24(16-20(14-23)30-32(2,27)28)21(17-9-5-3-6-10-17)18-11-7-4-8-12-18/h3-12,19-21H,13-16H2,1-2H3.